The van der Waals surface area contributed by atoms with Crippen LogP contribution < -0.4 is 10.6 Å². The third-order valence-electron chi connectivity index (χ3n) is 7.67. The molecule has 3 aromatic rings. The number of rotatable bonds is 9. The molecule has 0 aromatic heterocycles. The average molecular weight is 697 g/mol. The van der Waals surface area contributed by atoms with E-state index in [0.29, 0.717) is 24.0 Å². The van der Waals surface area contributed by atoms with Crippen molar-refractivity contribution in [3.05, 3.63) is 106 Å². The van der Waals surface area contributed by atoms with Crippen LogP contribution in [0, 0.1) is 17.6 Å². The lowest BCUT2D eigenvalue weighted by atomic mass is 9.72. The minimum atomic E-state index is -5.27. The number of nitrogens with one attached hydrogen (secondary N) is 2. The standard InChI is InChI=1S/C32H31BrF5N3O4/c1-41(2)30(45-31(44)32(36,37)38)29(43)39-24-15-16-25(26(17-24)18-3-9-21(33)10-4-18)28(42)40-27(19-5-11-22(34)12-6-19)20-7-13-23(35)14-8-20/h3-14,24-27,30H,15-17H2,1-2H3,(H,39,43)(H,40,42)/t24-,25-,26+,30?/m1/s1. The Bertz CT molecular complexity index is 1440. The first-order valence-electron chi connectivity index (χ1n) is 14.0. The number of ether oxygens (including phenoxy) is 1. The van der Waals surface area contributed by atoms with Crippen LogP contribution in [0.3, 0.4) is 0 Å². The Kier molecular flexibility index (Phi) is 11.0. The average Bonchev–Trinajstić information content (AvgIpc) is 2.99. The molecule has 0 heterocycles. The van der Waals surface area contributed by atoms with E-state index < -0.39 is 59.8 Å². The Morgan fingerprint density at radius 2 is 1.40 bits per heavy atom. The van der Waals surface area contributed by atoms with Crippen molar-refractivity contribution in [1.82, 2.24) is 15.5 Å². The van der Waals surface area contributed by atoms with Crippen molar-refractivity contribution >= 4 is 33.7 Å². The van der Waals surface area contributed by atoms with E-state index in [4.69, 9.17) is 0 Å². The molecule has 4 atom stereocenters. The molecule has 1 fully saturated rings. The predicted octanol–water partition coefficient (Wildman–Crippen LogP) is 5.99. The number of nitrogens with zero attached hydrogens (tertiary/aromatic N) is 1. The molecule has 0 spiro atoms. The highest BCUT2D eigenvalue weighted by molar-refractivity contribution is 9.10. The molecule has 2 N–H and O–H groups in total. The van der Waals surface area contributed by atoms with E-state index in [9.17, 15) is 36.3 Å². The summed E-state index contributed by atoms with van der Waals surface area (Å²) in [6, 6.07) is 17.2. The normalized spacial score (nSPS) is 19.2. The third-order valence-corrected chi connectivity index (χ3v) is 8.20. The molecule has 7 nitrogen and oxygen atoms in total. The van der Waals surface area contributed by atoms with E-state index >= 15 is 0 Å². The van der Waals surface area contributed by atoms with Gasteiger partial charge in [0.05, 0.1) is 6.04 Å². The van der Waals surface area contributed by atoms with Crippen LogP contribution in [0.2, 0.25) is 0 Å². The molecular formula is C32H31BrF5N3O4. The van der Waals surface area contributed by atoms with Gasteiger partial charge in [0.2, 0.25) is 12.1 Å². The number of carbonyl (C=O) groups is 3. The third kappa shape index (κ3) is 8.88. The Morgan fingerprint density at radius 1 is 0.867 bits per heavy atom. The quantitative estimate of drug-likeness (QED) is 0.163. The number of hydrogen-bond acceptors (Lipinski definition) is 5. The summed E-state index contributed by atoms with van der Waals surface area (Å²) in [5.41, 5.74) is 1.96. The number of esters is 1. The second kappa shape index (κ2) is 14.5. The van der Waals surface area contributed by atoms with E-state index in [2.05, 4.69) is 31.3 Å². The number of amides is 2. The van der Waals surface area contributed by atoms with Crippen molar-refractivity contribution in [3.8, 4) is 0 Å². The van der Waals surface area contributed by atoms with Gasteiger partial charge in [0.15, 0.2) is 0 Å². The number of halogens is 6. The zero-order valence-electron chi connectivity index (χ0n) is 24.3. The van der Waals surface area contributed by atoms with Gasteiger partial charge in [-0.05, 0) is 92.4 Å². The molecule has 1 aliphatic rings. The molecule has 0 saturated heterocycles. The van der Waals surface area contributed by atoms with Crippen LogP contribution in [-0.4, -0.2) is 55.2 Å². The van der Waals surface area contributed by atoms with E-state index in [1.807, 2.05) is 24.3 Å². The van der Waals surface area contributed by atoms with Gasteiger partial charge < -0.3 is 15.4 Å². The molecule has 0 radical (unpaired) electrons. The fourth-order valence-electron chi connectivity index (χ4n) is 5.45. The molecule has 4 rings (SSSR count). The second-order valence-electron chi connectivity index (χ2n) is 11.0. The van der Waals surface area contributed by atoms with Crippen molar-refractivity contribution in [3.63, 3.8) is 0 Å². The Hall–Kier alpha value is -3.84. The Labute approximate surface area is 265 Å². The maximum atomic E-state index is 14.0. The van der Waals surface area contributed by atoms with Gasteiger partial charge in [-0.15, -0.1) is 0 Å². The molecule has 0 bridgehead atoms. The molecule has 240 valence electrons. The van der Waals surface area contributed by atoms with Gasteiger partial charge in [-0.25, -0.2) is 13.6 Å². The number of likely N-dealkylation sites (N-methyl/N-ethyl adjacent to an activating group) is 1. The van der Waals surface area contributed by atoms with Gasteiger partial charge in [0.1, 0.15) is 11.6 Å². The molecule has 2 amide bonds. The summed E-state index contributed by atoms with van der Waals surface area (Å²) in [5, 5.41) is 5.74. The minimum absolute atomic E-state index is 0.261. The SMILES string of the molecule is CN(C)C(OC(=O)C(F)(F)F)C(=O)N[C@@H]1CC[C@@H](C(=O)NC(c2ccc(F)cc2)c2ccc(F)cc2)[C@H](c2ccc(Br)cc2)C1. The largest absolute Gasteiger partial charge is 0.490 e. The molecule has 13 heteroatoms. The van der Waals surface area contributed by atoms with Gasteiger partial charge >= 0.3 is 12.1 Å². The van der Waals surface area contributed by atoms with Gasteiger partial charge in [0.25, 0.3) is 5.91 Å². The molecule has 3 aromatic carbocycles. The molecule has 1 saturated carbocycles. The van der Waals surface area contributed by atoms with Crippen LogP contribution in [0.25, 0.3) is 0 Å². The lowest BCUT2D eigenvalue weighted by molar-refractivity contribution is -0.211. The fourth-order valence-corrected chi connectivity index (χ4v) is 5.71. The Balaban J connectivity index is 1.57. The number of benzene rings is 3. The monoisotopic (exact) mass is 695 g/mol. The van der Waals surface area contributed by atoms with Gasteiger partial charge in [-0.2, -0.15) is 13.2 Å². The maximum Gasteiger partial charge on any atom is 0.490 e. The predicted molar refractivity (Wildman–Crippen MR) is 159 cm³/mol. The number of carbonyl (C=O) groups excluding carboxylic acids is 3. The highest BCUT2D eigenvalue weighted by atomic mass is 79.9. The van der Waals surface area contributed by atoms with Gasteiger partial charge in [0, 0.05) is 16.4 Å². The van der Waals surface area contributed by atoms with Gasteiger partial charge in [-0.1, -0.05) is 52.3 Å². The highest BCUT2D eigenvalue weighted by Crippen LogP contribution is 2.39. The molecule has 1 unspecified atom stereocenters. The van der Waals surface area contributed by atoms with Crippen molar-refractivity contribution in [2.75, 3.05) is 14.1 Å². The topological polar surface area (TPSA) is 87.7 Å². The number of hydrogen-bond donors (Lipinski definition) is 2. The first kappa shape index (κ1) is 34.0. The number of alkyl halides is 3. The first-order valence-corrected chi connectivity index (χ1v) is 14.8. The summed E-state index contributed by atoms with van der Waals surface area (Å²) < 4.78 is 71.1. The van der Waals surface area contributed by atoms with E-state index in [0.717, 1.165) is 14.9 Å². The Morgan fingerprint density at radius 3 is 1.89 bits per heavy atom. The van der Waals surface area contributed by atoms with Crippen LogP contribution in [0.1, 0.15) is 47.9 Å². The zero-order chi connectivity index (χ0) is 32.9. The van der Waals surface area contributed by atoms with Crippen molar-refractivity contribution < 1.29 is 41.1 Å². The summed E-state index contributed by atoms with van der Waals surface area (Å²) in [6.07, 6.45) is -6.23. The molecule has 1 aliphatic carbocycles. The zero-order valence-corrected chi connectivity index (χ0v) is 25.9. The van der Waals surface area contributed by atoms with Crippen LogP contribution in [0.4, 0.5) is 22.0 Å². The smallest absolute Gasteiger partial charge is 0.430 e. The van der Waals surface area contributed by atoms with Crippen LogP contribution >= 0.6 is 15.9 Å². The second-order valence-corrected chi connectivity index (χ2v) is 12.0. The van der Waals surface area contributed by atoms with Crippen LogP contribution in [0.5, 0.6) is 0 Å². The summed E-state index contributed by atoms with van der Waals surface area (Å²) >= 11 is 3.40. The summed E-state index contributed by atoms with van der Waals surface area (Å²) in [4.78, 5) is 39.4. The van der Waals surface area contributed by atoms with Crippen molar-refractivity contribution in [1.29, 1.82) is 0 Å². The van der Waals surface area contributed by atoms with E-state index in [1.54, 1.807) is 0 Å². The fraction of sp³-hybridized carbons (Fsp3) is 0.344. The lowest BCUT2D eigenvalue weighted by Crippen LogP contribution is -2.52. The van der Waals surface area contributed by atoms with E-state index in [1.165, 1.54) is 62.6 Å². The molecule has 0 aliphatic heterocycles. The minimum Gasteiger partial charge on any atom is -0.430 e. The van der Waals surface area contributed by atoms with E-state index in [-0.39, 0.29) is 12.3 Å². The highest BCUT2D eigenvalue weighted by Gasteiger charge is 2.44. The van der Waals surface area contributed by atoms with Crippen molar-refractivity contribution in [2.45, 2.75) is 49.7 Å². The summed E-state index contributed by atoms with van der Waals surface area (Å²) in [5.74, 6) is -5.65. The summed E-state index contributed by atoms with van der Waals surface area (Å²) in [6.45, 7) is 0. The lowest BCUT2D eigenvalue weighted by Gasteiger charge is -2.37. The maximum absolute atomic E-state index is 14.0. The molecular weight excluding hydrogens is 665 g/mol. The van der Waals surface area contributed by atoms with Crippen LogP contribution in [-0.2, 0) is 19.1 Å². The van der Waals surface area contributed by atoms with Gasteiger partial charge in [-0.3, -0.25) is 14.5 Å². The first-order chi connectivity index (χ1) is 21.2. The van der Waals surface area contributed by atoms with Crippen molar-refractivity contribution in [2.24, 2.45) is 5.92 Å². The molecule has 45 heavy (non-hydrogen) atoms. The van der Waals surface area contributed by atoms with Crippen LogP contribution in [0.15, 0.2) is 77.3 Å². The summed E-state index contributed by atoms with van der Waals surface area (Å²) in [7, 11) is 2.61.